The molecule has 0 amide bonds. The minimum absolute atomic E-state index is 0. The van der Waals surface area contributed by atoms with Crippen LogP contribution in [0, 0.1) is 5.92 Å². The van der Waals surface area contributed by atoms with Crippen molar-refractivity contribution in [3.05, 3.63) is 0 Å². The molecule has 0 aliphatic heterocycles. The minimum atomic E-state index is -3.11. The van der Waals surface area contributed by atoms with E-state index in [0.29, 0.717) is 38.6 Å². The fraction of sp³-hybridized carbons (Fsp3) is 0.929. The Bertz CT molecular complexity index is 403. The summed E-state index contributed by atoms with van der Waals surface area (Å²) in [6.45, 7) is 10.2. The SMILES string of the molecule is CCNC(=NCCCNS(C)(=O)=O)NCCOCCC(C)C.I. The van der Waals surface area contributed by atoms with Gasteiger partial charge in [-0.3, -0.25) is 4.99 Å². The van der Waals surface area contributed by atoms with Crippen molar-refractivity contribution in [2.75, 3.05) is 45.6 Å². The summed E-state index contributed by atoms with van der Waals surface area (Å²) >= 11 is 0. The lowest BCUT2D eigenvalue weighted by Gasteiger charge is -2.12. The quantitative estimate of drug-likeness (QED) is 0.175. The molecule has 9 heteroatoms. The second kappa shape index (κ2) is 15.4. The molecule has 0 saturated carbocycles. The van der Waals surface area contributed by atoms with E-state index in [-0.39, 0.29) is 24.0 Å². The van der Waals surface area contributed by atoms with Crippen molar-refractivity contribution in [1.29, 1.82) is 0 Å². The molecule has 140 valence electrons. The number of nitrogens with zero attached hydrogens (tertiary/aromatic N) is 1. The molecule has 0 bridgehead atoms. The molecule has 0 radical (unpaired) electrons. The number of rotatable bonds is 12. The van der Waals surface area contributed by atoms with Crippen molar-refractivity contribution < 1.29 is 13.2 Å². The molecule has 23 heavy (non-hydrogen) atoms. The molecule has 0 aliphatic carbocycles. The Kier molecular flexibility index (Phi) is 16.8. The van der Waals surface area contributed by atoms with E-state index in [0.717, 1.165) is 31.8 Å². The summed E-state index contributed by atoms with van der Waals surface area (Å²) < 4.78 is 29.8. The van der Waals surface area contributed by atoms with Crippen LogP contribution in [0.5, 0.6) is 0 Å². The van der Waals surface area contributed by atoms with Crippen molar-refractivity contribution in [2.45, 2.75) is 33.6 Å². The van der Waals surface area contributed by atoms with E-state index in [1.54, 1.807) is 0 Å². The molecule has 0 aromatic rings. The van der Waals surface area contributed by atoms with Gasteiger partial charge in [-0.05, 0) is 25.7 Å². The maximum atomic E-state index is 10.9. The Hall–Kier alpha value is -0.130. The zero-order valence-corrected chi connectivity index (χ0v) is 17.9. The molecule has 0 spiro atoms. The van der Waals surface area contributed by atoms with Gasteiger partial charge in [0.05, 0.1) is 12.9 Å². The number of hydrogen-bond acceptors (Lipinski definition) is 4. The van der Waals surface area contributed by atoms with E-state index in [4.69, 9.17) is 4.74 Å². The van der Waals surface area contributed by atoms with Gasteiger partial charge in [0.2, 0.25) is 10.0 Å². The van der Waals surface area contributed by atoms with E-state index in [1.165, 1.54) is 0 Å². The largest absolute Gasteiger partial charge is 0.380 e. The van der Waals surface area contributed by atoms with Crippen LogP contribution in [0.1, 0.15) is 33.6 Å². The highest BCUT2D eigenvalue weighted by Gasteiger charge is 2.00. The molecule has 7 nitrogen and oxygen atoms in total. The smallest absolute Gasteiger partial charge is 0.208 e. The Morgan fingerprint density at radius 3 is 2.43 bits per heavy atom. The van der Waals surface area contributed by atoms with Crippen molar-refractivity contribution in [3.63, 3.8) is 0 Å². The number of guanidine groups is 1. The number of sulfonamides is 1. The third-order valence-electron chi connectivity index (χ3n) is 2.69. The van der Waals surface area contributed by atoms with Crippen LogP contribution in [0.15, 0.2) is 4.99 Å². The predicted molar refractivity (Wildman–Crippen MR) is 107 cm³/mol. The summed E-state index contributed by atoms with van der Waals surface area (Å²) in [4.78, 5) is 4.38. The average molecular weight is 464 g/mol. The van der Waals surface area contributed by atoms with Crippen molar-refractivity contribution in [2.24, 2.45) is 10.9 Å². The third kappa shape index (κ3) is 19.8. The summed E-state index contributed by atoms with van der Waals surface area (Å²) in [7, 11) is -3.11. The van der Waals surface area contributed by atoms with Gasteiger partial charge in [0.25, 0.3) is 0 Å². The summed E-state index contributed by atoms with van der Waals surface area (Å²) in [6, 6.07) is 0. The summed E-state index contributed by atoms with van der Waals surface area (Å²) in [5.74, 6) is 1.39. The van der Waals surface area contributed by atoms with Gasteiger partial charge in [0, 0.05) is 32.8 Å². The number of aliphatic imine (C=N–C) groups is 1. The van der Waals surface area contributed by atoms with Gasteiger partial charge in [0.1, 0.15) is 0 Å². The van der Waals surface area contributed by atoms with Crippen LogP contribution in [-0.2, 0) is 14.8 Å². The van der Waals surface area contributed by atoms with Crippen LogP contribution < -0.4 is 15.4 Å². The first-order valence-corrected chi connectivity index (χ1v) is 9.79. The molecule has 0 saturated heterocycles. The van der Waals surface area contributed by atoms with Gasteiger partial charge in [-0.2, -0.15) is 0 Å². The lowest BCUT2D eigenvalue weighted by atomic mass is 10.1. The van der Waals surface area contributed by atoms with Crippen LogP contribution in [-0.4, -0.2) is 60.0 Å². The topological polar surface area (TPSA) is 91.8 Å². The second-order valence-corrected chi connectivity index (χ2v) is 7.34. The fourth-order valence-corrected chi connectivity index (χ4v) is 2.05. The molecule has 0 heterocycles. The number of nitrogens with one attached hydrogen (secondary N) is 3. The van der Waals surface area contributed by atoms with Crippen LogP contribution in [0.2, 0.25) is 0 Å². The molecule has 3 N–H and O–H groups in total. The lowest BCUT2D eigenvalue weighted by molar-refractivity contribution is 0.128. The second-order valence-electron chi connectivity index (χ2n) is 5.50. The zero-order valence-electron chi connectivity index (χ0n) is 14.7. The zero-order chi connectivity index (χ0) is 16.8. The van der Waals surface area contributed by atoms with Crippen LogP contribution in [0.4, 0.5) is 0 Å². The van der Waals surface area contributed by atoms with Gasteiger partial charge in [0.15, 0.2) is 5.96 Å². The molecule has 0 aromatic heterocycles. The third-order valence-corrected chi connectivity index (χ3v) is 3.42. The molecular formula is C14H33IN4O3S. The monoisotopic (exact) mass is 464 g/mol. The van der Waals surface area contributed by atoms with Gasteiger partial charge < -0.3 is 15.4 Å². The number of halogens is 1. The van der Waals surface area contributed by atoms with E-state index in [9.17, 15) is 8.42 Å². The molecule has 0 aliphatic rings. The average Bonchev–Trinajstić information content (AvgIpc) is 2.40. The number of hydrogen-bond donors (Lipinski definition) is 3. The molecule has 0 unspecified atom stereocenters. The standard InChI is InChI=1S/C14H32N4O3S.HI/c1-5-15-14(16-8-6-9-18-22(4,19)20)17-10-12-21-11-7-13(2)3;/h13,18H,5-12H2,1-4H3,(H2,15,16,17);1H. The van der Waals surface area contributed by atoms with E-state index >= 15 is 0 Å². The molecular weight excluding hydrogens is 431 g/mol. The molecule has 0 rings (SSSR count). The number of ether oxygens (including phenoxy) is 1. The Labute approximate surface area is 158 Å². The Morgan fingerprint density at radius 2 is 1.87 bits per heavy atom. The van der Waals surface area contributed by atoms with Crippen molar-refractivity contribution >= 4 is 40.0 Å². The van der Waals surface area contributed by atoms with Crippen LogP contribution in [0.25, 0.3) is 0 Å². The molecule has 0 atom stereocenters. The Morgan fingerprint density at radius 1 is 1.17 bits per heavy atom. The van der Waals surface area contributed by atoms with Gasteiger partial charge in [-0.25, -0.2) is 13.1 Å². The normalized spacial score (nSPS) is 12.1. The van der Waals surface area contributed by atoms with Crippen LogP contribution in [0.3, 0.4) is 0 Å². The van der Waals surface area contributed by atoms with Gasteiger partial charge >= 0.3 is 0 Å². The lowest BCUT2D eigenvalue weighted by Crippen LogP contribution is -2.39. The first kappa shape index (κ1) is 25.1. The maximum absolute atomic E-state index is 10.9. The first-order chi connectivity index (χ1) is 10.3. The van der Waals surface area contributed by atoms with E-state index in [1.807, 2.05) is 6.92 Å². The Balaban J connectivity index is 0. The summed E-state index contributed by atoms with van der Waals surface area (Å²) in [6.07, 6.45) is 2.89. The minimum Gasteiger partial charge on any atom is -0.380 e. The van der Waals surface area contributed by atoms with E-state index < -0.39 is 10.0 Å². The highest BCUT2D eigenvalue weighted by atomic mass is 127. The molecule has 0 fully saturated rings. The van der Waals surface area contributed by atoms with E-state index in [2.05, 4.69) is 34.2 Å². The summed E-state index contributed by atoms with van der Waals surface area (Å²) in [5, 5.41) is 6.33. The molecule has 0 aromatic carbocycles. The fourth-order valence-electron chi connectivity index (χ4n) is 1.53. The highest BCUT2D eigenvalue weighted by molar-refractivity contribution is 14.0. The van der Waals surface area contributed by atoms with Gasteiger partial charge in [-0.15, -0.1) is 24.0 Å². The highest BCUT2D eigenvalue weighted by Crippen LogP contribution is 1.98. The predicted octanol–water partition coefficient (Wildman–Crippen LogP) is 1.16. The van der Waals surface area contributed by atoms with Gasteiger partial charge in [-0.1, -0.05) is 13.8 Å². The van der Waals surface area contributed by atoms with Crippen LogP contribution >= 0.6 is 24.0 Å². The maximum Gasteiger partial charge on any atom is 0.208 e. The van der Waals surface area contributed by atoms with Crippen molar-refractivity contribution in [3.8, 4) is 0 Å². The van der Waals surface area contributed by atoms with Crippen molar-refractivity contribution in [1.82, 2.24) is 15.4 Å². The first-order valence-electron chi connectivity index (χ1n) is 7.89. The summed E-state index contributed by atoms with van der Waals surface area (Å²) in [5.41, 5.74) is 0.